The first-order chi connectivity index (χ1) is 10.3. The van der Waals surface area contributed by atoms with Crippen molar-refractivity contribution in [1.29, 1.82) is 0 Å². The third-order valence-electron chi connectivity index (χ3n) is 2.88. The number of nitrogens with one attached hydrogen (secondary N) is 2. The first-order valence-corrected chi connectivity index (χ1v) is 6.56. The fourth-order valence-corrected chi connectivity index (χ4v) is 1.94. The minimum absolute atomic E-state index is 0.277. The molecule has 0 aromatic carbocycles. The van der Waals surface area contributed by atoms with Gasteiger partial charge in [-0.2, -0.15) is 0 Å². The number of rotatable bonds is 3. The summed E-state index contributed by atoms with van der Waals surface area (Å²) in [6.07, 6.45) is 6.83. The number of nitrogens with zero attached hydrogens (tertiary/aromatic N) is 4. The lowest BCUT2D eigenvalue weighted by Crippen LogP contribution is -2.28. The first-order valence-electron chi connectivity index (χ1n) is 6.56. The lowest BCUT2D eigenvalue weighted by molar-refractivity contribution is 0.252. The van der Waals surface area contributed by atoms with Crippen molar-refractivity contribution in [3.63, 3.8) is 0 Å². The van der Waals surface area contributed by atoms with E-state index in [1.54, 1.807) is 29.3 Å². The maximum absolute atomic E-state index is 11.5. The van der Waals surface area contributed by atoms with E-state index in [9.17, 15) is 4.79 Å². The van der Waals surface area contributed by atoms with E-state index in [2.05, 4.69) is 25.6 Å². The summed E-state index contributed by atoms with van der Waals surface area (Å²) in [5.41, 5.74) is 2.41. The number of carbonyl (C=O) groups excluding carboxylic acids is 1. The molecule has 3 rings (SSSR count). The van der Waals surface area contributed by atoms with Crippen LogP contribution in [-0.2, 0) is 0 Å². The Labute approximate surface area is 121 Å². The number of fused-ring (bicyclic) bond motifs is 1. The molecule has 2 amide bonds. The van der Waals surface area contributed by atoms with E-state index in [1.807, 2.05) is 25.1 Å². The minimum Gasteiger partial charge on any atom is -0.338 e. The Kier molecular flexibility index (Phi) is 3.46. The number of anilines is 1. The maximum Gasteiger partial charge on any atom is 0.320 e. The number of carbonyl (C=O) groups is 1. The second kappa shape index (κ2) is 5.58. The van der Waals surface area contributed by atoms with Gasteiger partial charge in [0.1, 0.15) is 12.0 Å². The molecule has 0 atom stereocenters. The summed E-state index contributed by atoms with van der Waals surface area (Å²) in [7, 11) is 0. The maximum atomic E-state index is 11.5. The van der Waals surface area contributed by atoms with Gasteiger partial charge in [0, 0.05) is 30.6 Å². The van der Waals surface area contributed by atoms with E-state index < -0.39 is 0 Å². The molecular weight excluding hydrogens is 268 g/mol. The van der Waals surface area contributed by atoms with E-state index >= 15 is 0 Å². The molecule has 0 bridgehead atoms. The molecule has 0 radical (unpaired) electrons. The molecule has 0 saturated carbocycles. The number of pyridine rings is 1. The van der Waals surface area contributed by atoms with Crippen LogP contribution in [0.5, 0.6) is 0 Å². The van der Waals surface area contributed by atoms with Gasteiger partial charge >= 0.3 is 6.03 Å². The van der Waals surface area contributed by atoms with Crippen molar-refractivity contribution in [2.75, 3.05) is 11.9 Å². The Morgan fingerprint density at radius 3 is 3.10 bits per heavy atom. The van der Waals surface area contributed by atoms with Gasteiger partial charge in [-0.25, -0.2) is 14.8 Å². The molecule has 0 aliphatic rings. The summed E-state index contributed by atoms with van der Waals surface area (Å²) >= 11 is 0. The van der Waals surface area contributed by atoms with Crippen LogP contribution in [0.3, 0.4) is 0 Å². The molecule has 3 aromatic rings. The van der Waals surface area contributed by atoms with E-state index in [0.29, 0.717) is 18.0 Å². The lowest BCUT2D eigenvalue weighted by atomic mass is 10.2. The topological polar surface area (TPSA) is 84.2 Å². The Morgan fingerprint density at radius 1 is 1.43 bits per heavy atom. The van der Waals surface area contributed by atoms with Gasteiger partial charge in [0.15, 0.2) is 5.82 Å². The zero-order valence-electron chi connectivity index (χ0n) is 11.4. The molecular formula is C14H14N6O. The summed E-state index contributed by atoms with van der Waals surface area (Å²) in [4.78, 5) is 24.3. The molecule has 3 heterocycles. The van der Waals surface area contributed by atoms with Crippen molar-refractivity contribution < 1.29 is 4.79 Å². The van der Waals surface area contributed by atoms with Crippen LogP contribution in [-0.4, -0.2) is 31.9 Å². The average Bonchev–Trinajstić information content (AvgIpc) is 2.89. The van der Waals surface area contributed by atoms with Crippen LogP contribution in [0, 0.1) is 0 Å². The molecule has 0 spiro atoms. The van der Waals surface area contributed by atoms with Crippen LogP contribution >= 0.6 is 0 Å². The monoisotopic (exact) mass is 282 g/mol. The van der Waals surface area contributed by atoms with Crippen molar-refractivity contribution in [2.45, 2.75) is 6.92 Å². The lowest BCUT2D eigenvalue weighted by Gasteiger charge is -2.00. The van der Waals surface area contributed by atoms with Crippen LogP contribution in [0.25, 0.3) is 16.9 Å². The molecule has 7 nitrogen and oxygen atoms in total. The van der Waals surface area contributed by atoms with E-state index in [-0.39, 0.29) is 6.03 Å². The van der Waals surface area contributed by atoms with Crippen LogP contribution in [0.4, 0.5) is 10.6 Å². The number of amides is 2. The molecule has 3 aromatic heterocycles. The highest BCUT2D eigenvalue weighted by Gasteiger charge is 2.07. The molecule has 2 N–H and O–H groups in total. The van der Waals surface area contributed by atoms with Crippen LogP contribution in [0.1, 0.15) is 6.92 Å². The highest BCUT2D eigenvalue weighted by atomic mass is 16.2. The van der Waals surface area contributed by atoms with Crippen LogP contribution < -0.4 is 10.6 Å². The van der Waals surface area contributed by atoms with Gasteiger partial charge in [0.25, 0.3) is 0 Å². The number of hydrogen-bond donors (Lipinski definition) is 2. The molecule has 0 saturated heterocycles. The van der Waals surface area contributed by atoms with Gasteiger partial charge in [0.05, 0.1) is 11.9 Å². The number of imidazole rings is 1. The van der Waals surface area contributed by atoms with Gasteiger partial charge in [-0.05, 0) is 19.1 Å². The summed E-state index contributed by atoms with van der Waals surface area (Å²) in [5.74, 6) is 0.478. The van der Waals surface area contributed by atoms with Crippen LogP contribution in [0.15, 0.2) is 43.1 Å². The van der Waals surface area contributed by atoms with Gasteiger partial charge in [0.2, 0.25) is 0 Å². The van der Waals surface area contributed by atoms with Crippen molar-refractivity contribution >= 4 is 17.5 Å². The summed E-state index contributed by atoms with van der Waals surface area (Å²) < 4.78 is 1.75. The third-order valence-corrected chi connectivity index (χ3v) is 2.88. The zero-order chi connectivity index (χ0) is 14.7. The largest absolute Gasteiger partial charge is 0.338 e. The first kappa shape index (κ1) is 13.0. The Hall–Kier alpha value is -2.96. The minimum atomic E-state index is -0.277. The van der Waals surface area contributed by atoms with E-state index in [4.69, 9.17) is 0 Å². The van der Waals surface area contributed by atoms with Crippen molar-refractivity contribution in [3.8, 4) is 11.3 Å². The van der Waals surface area contributed by atoms with Crippen LogP contribution in [0.2, 0.25) is 0 Å². The number of aromatic nitrogens is 4. The highest BCUT2D eigenvalue weighted by Crippen LogP contribution is 2.18. The SMILES string of the molecule is CCNC(=O)Nc1cn2cnc(-c3cccnc3)cc2n1. The summed E-state index contributed by atoms with van der Waals surface area (Å²) in [6.45, 7) is 2.42. The molecule has 21 heavy (non-hydrogen) atoms. The standard InChI is InChI=1S/C14H14N6O/c1-2-16-14(21)19-12-8-20-9-17-11(6-13(20)18-12)10-4-3-5-15-7-10/h3-9H,2H2,1H3,(H2,16,19,21). The summed E-state index contributed by atoms with van der Waals surface area (Å²) in [6, 6.07) is 5.36. The van der Waals surface area contributed by atoms with Crippen molar-refractivity contribution in [1.82, 2.24) is 24.7 Å². The average molecular weight is 282 g/mol. The van der Waals surface area contributed by atoms with Crippen molar-refractivity contribution in [3.05, 3.63) is 43.1 Å². The molecule has 0 unspecified atom stereocenters. The fraction of sp³-hybridized carbons (Fsp3) is 0.143. The third kappa shape index (κ3) is 2.81. The Morgan fingerprint density at radius 2 is 2.33 bits per heavy atom. The predicted octanol–water partition coefficient (Wildman–Crippen LogP) is 1.93. The van der Waals surface area contributed by atoms with Gasteiger partial charge in [-0.15, -0.1) is 0 Å². The fourth-order valence-electron chi connectivity index (χ4n) is 1.94. The highest BCUT2D eigenvalue weighted by molar-refractivity contribution is 5.88. The second-order valence-electron chi connectivity index (χ2n) is 4.39. The van der Waals surface area contributed by atoms with Gasteiger partial charge in [-0.1, -0.05) is 0 Å². The number of hydrogen-bond acceptors (Lipinski definition) is 4. The van der Waals surface area contributed by atoms with E-state index in [1.165, 1.54) is 0 Å². The predicted molar refractivity (Wildman–Crippen MR) is 78.9 cm³/mol. The van der Waals surface area contributed by atoms with Gasteiger partial charge in [-0.3, -0.25) is 14.7 Å². The normalized spacial score (nSPS) is 10.5. The Bertz CT molecular complexity index is 767. The molecule has 0 aliphatic heterocycles. The Balaban J connectivity index is 1.90. The second-order valence-corrected chi connectivity index (χ2v) is 4.39. The molecule has 106 valence electrons. The van der Waals surface area contributed by atoms with Crippen molar-refractivity contribution in [2.24, 2.45) is 0 Å². The quantitative estimate of drug-likeness (QED) is 0.768. The zero-order valence-corrected chi connectivity index (χ0v) is 11.4. The van der Waals surface area contributed by atoms with E-state index in [0.717, 1.165) is 11.3 Å². The molecule has 0 fully saturated rings. The summed E-state index contributed by atoms with van der Waals surface area (Å²) in [5, 5.41) is 5.32. The number of urea groups is 1. The molecule has 7 heteroatoms. The molecule has 0 aliphatic carbocycles. The van der Waals surface area contributed by atoms with Gasteiger partial charge < -0.3 is 5.32 Å². The smallest absolute Gasteiger partial charge is 0.320 e.